The molecule has 0 aromatic rings. The molecule has 3 heteroatoms. The van der Waals surface area contributed by atoms with Crippen LogP contribution in [0.25, 0.3) is 0 Å². The van der Waals surface area contributed by atoms with E-state index in [1.54, 1.807) is 7.11 Å². The maximum absolute atomic E-state index is 5.87. The van der Waals surface area contributed by atoms with E-state index in [9.17, 15) is 0 Å². The van der Waals surface area contributed by atoms with Crippen molar-refractivity contribution in [1.29, 1.82) is 0 Å². The predicted molar refractivity (Wildman–Crippen MR) is 62.1 cm³/mol. The van der Waals surface area contributed by atoms with Crippen LogP contribution in [0, 0.1) is 5.92 Å². The minimum absolute atomic E-state index is 0.379. The molecule has 1 aliphatic carbocycles. The fourth-order valence-electron chi connectivity index (χ4n) is 2.38. The predicted octanol–water partition coefficient (Wildman–Crippen LogP) is 1.82. The monoisotopic (exact) mass is 215 g/mol. The Morgan fingerprint density at radius 2 is 2.07 bits per heavy atom. The van der Waals surface area contributed by atoms with E-state index < -0.39 is 0 Å². The van der Waals surface area contributed by atoms with Gasteiger partial charge in [0.25, 0.3) is 0 Å². The van der Waals surface area contributed by atoms with Crippen LogP contribution in [0.5, 0.6) is 0 Å². The second-order valence-electron chi connectivity index (χ2n) is 4.38. The second kappa shape index (κ2) is 7.20. The lowest BCUT2D eigenvalue weighted by atomic mass is 9.82. The maximum Gasteiger partial charge on any atom is 0.0731 e. The van der Waals surface area contributed by atoms with E-state index in [4.69, 9.17) is 9.47 Å². The van der Waals surface area contributed by atoms with Gasteiger partial charge in [-0.3, -0.25) is 0 Å². The average Bonchev–Trinajstić information content (AvgIpc) is 2.29. The Labute approximate surface area is 93.5 Å². The Bertz CT molecular complexity index is 164. The highest BCUT2D eigenvalue weighted by Crippen LogP contribution is 2.28. The quantitative estimate of drug-likeness (QED) is 0.686. The van der Waals surface area contributed by atoms with Gasteiger partial charge in [0.2, 0.25) is 0 Å². The lowest BCUT2D eigenvalue weighted by Gasteiger charge is -2.35. The van der Waals surface area contributed by atoms with Crippen LogP contribution in [0.2, 0.25) is 0 Å². The molecule has 3 unspecified atom stereocenters. The summed E-state index contributed by atoms with van der Waals surface area (Å²) in [5, 5.41) is 3.36. The van der Waals surface area contributed by atoms with Gasteiger partial charge in [-0.05, 0) is 32.2 Å². The molecule has 1 saturated carbocycles. The molecule has 0 heterocycles. The molecule has 0 radical (unpaired) electrons. The van der Waals surface area contributed by atoms with E-state index in [-0.39, 0.29) is 0 Å². The number of hydrogen-bond donors (Lipinski definition) is 1. The van der Waals surface area contributed by atoms with Crippen LogP contribution in [0.4, 0.5) is 0 Å². The maximum atomic E-state index is 5.87. The third-order valence-corrected chi connectivity index (χ3v) is 3.47. The molecule has 1 rings (SSSR count). The third-order valence-electron chi connectivity index (χ3n) is 3.47. The smallest absolute Gasteiger partial charge is 0.0731 e. The fourth-order valence-corrected chi connectivity index (χ4v) is 2.38. The van der Waals surface area contributed by atoms with Crippen LogP contribution >= 0.6 is 0 Å². The highest BCUT2D eigenvalue weighted by atomic mass is 16.5. The van der Waals surface area contributed by atoms with Crippen LogP contribution in [0.1, 0.15) is 32.6 Å². The molecular formula is C12H25NO2. The SMILES string of the molecule is CCC1CCC(NC)C(OCCOC)C1. The van der Waals surface area contributed by atoms with Crippen molar-refractivity contribution in [1.82, 2.24) is 5.32 Å². The Balaban J connectivity index is 2.33. The first-order valence-corrected chi connectivity index (χ1v) is 6.09. The molecule has 1 fully saturated rings. The average molecular weight is 215 g/mol. The van der Waals surface area contributed by atoms with E-state index >= 15 is 0 Å². The summed E-state index contributed by atoms with van der Waals surface area (Å²) in [4.78, 5) is 0. The first kappa shape index (κ1) is 12.9. The van der Waals surface area contributed by atoms with E-state index in [0.717, 1.165) is 12.5 Å². The normalized spacial score (nSPS) is 31.8. The van der Waals surface area contributed by atoms with Crippen molar-refractivity contribution in [3.8, 4) is 0 Å². The highest BCUT2D eigenvalue weighted by Gasteiger charge is 2.29. The van der Waals surface area contributed by atoms with Crippen LogP contribution in [0.15, 0.2) is 0 Å². The molecule has 15 heavy (non-hydrogen) atoms. The van der Waals surface area contributed by atoms with Crippen molar-refractivity contribution in [2.75, 3.05) is 27.4 Å². The van der Waals surface area contributed by atoms with Gasteiger partial charge in [-0.1, -0.05) is 13.3 Å². The van der Waals surface area contributed by atoms with Crippen molar-refractivity contribution in [2.24, 2.45) is 5.92 Å². The zero-order valence-corrected chi connectivity index (χ0v) is 10.3. The minimum atomic E-state index is 0.379. The molecular weight excluding hydrogens is 190 g/mol. The zero-order chi connectivity index (χ0) is 11.1. The number of likely N-dealkylation sites (N-methyl/N-ethyl adjacent to an activating group) is 1. The zero-order valence-electron chi connectivity index (χ0n) is 10.3. The number of hydrogen-bond acceptors (Lipinski definition) is 3. The summed E-state index contributed by atoms with van der Waals surface area (Å²) in [6.45, 7) is 3.69. The van der Waals surface area contributed by atoms with E-state index in [0.29, 0.717) is 18.8 Å². The summed E-state index contributed by atoms with van der Waals surface area (Å²) in [5.74, 6) is 0.849. The van der Waals surface area contributed by atoms with Crippen molar-refractivity contribution in [2.45, 2.75) is 44.8 Å². The molecule has 3 atom stereocenters. The molecule has 0 aliphatic heterocycles. The number of nitrogens with one attached hydrogen (secondary N) is 1. The van der Waals surface area contributed by atoms with E-state index in [2.05, 4.69) is 12.2 Å². The van der Waals surface area contributed by atoms with Gasteiger partial charge in [-0.15, -0.1) is 0 Å². The number of methoxy groups -OCH3 is 1. The van der Waals surface area contributed by atoms with Crippen LogP contribution in [-0.4, -0.2) is 39.5 Å². The third kappa shape index (κ3) is 4.09. The van der Waals surface area contributed by atoms with Gasteiger partial charge in [0.05, 0.1) is 19.3 Å². The fraction of sp³-hybridized carbons (Fsp3) is 1.00. The summed E-state index contributed by atoms with van der Waals surface area (Å²) in [6, 6.07) is 0.532. The van der Waals surface area contributed by atoms with Crippen molar-refractivity contribution >= 4 is 0 Å². The second-order valence-corrected chi connectivity index (χ2v) is 4.38. The molecule has 1 aliphatic rings. The molecule has 0 aromatic heterocycles. The standard InChI is InChI=1S/C12H25NO2/c1-4-10-5-6-11(13-2)12(9-10)15-8-7-14-3/h10-13H,4-9H2,1-3H3. The molecule has 0 amide bonds. The van der Waals surface area contributed by atoms with Crippen molar-refractivity contribution < 1.29 is 9.47 Å². The molecule has 1 N–H and O–H groups in total. The van der Waals surface area contributed by atoms with Gasteiger partial charge in [-0.25, -0.2) is 0 Å². The lowest BCUT2D eigenvalue weighted by molar-refractivity contribution is -0.0284. The van der Waals surface area contributed by atoms with Crippen LogP contribution < -0.4 is 5.32 Å². The van der Waals surface area contributed by atoms with Gasteiger partial charge in [0, 0.05) is 13.2 Å². The van der Waals surface area contributed by atoms with Crippen LogP contribution in [0.3, 0.4) is 0 Å². The largest absolute Gasteiger partial charge is 0.382 e. The lowest BCUT2D eigenvalue weighted by Crippen LogP contribution is -2.44. The van der Waals surface area contributed by atoms with Gasteiger partial charge < -0.3 is 14.8 Å². The first-order valence-electron chi connectivity index (χ1n) is 6.09. The highest BCUT2D eigenvalue weighted by molar-refractivity contribution is 4.84. The molecule has 90 valence electrons. The number of ether oxygens (including phenoxy) is 2. The molecule has 0 aromatic carbocycles. The van der Waals surface area contributed by atoms with Gasteiger partial charge in [0.15, 0.2) is 0 Å². The van der Waals surface area contributed by atoms with Gasteiger partial charge in [0.1, 0.15) is 0 Å². The Kier molecular flexibility index (Phi) is 6.22. The molecule has 0 bridgehead atoms. The van der Waals surface area contributed by atoms with Gasteiger partial charge >= 0.3 is 0 Å². The molecule has 0 saturated heterocycles. The Hall–Kier alpha value is -0.120. The topological polar surface area (TPSA) is 30.5 Å². The minimum Gasteiger partial charge on any atom is -0.382 e. The van der Waals surface area contributed by atoms with E-state index in [1.165, 1.54) is 25.7 Å². The summed E-state index contributed by atoms with van der Waals surface area (Å²) in [7, 11) is 3.75. The molecule has 3 nitrogen and oxygen atoms in total. The van der Waals surface area contributed by atoms with Crippen molar-refractivity contribution in [3.63, 3.8) is 0 Å². The summed E-state index contributed by atoms with van der Waals surface area (Å²) in [6.07, 6.45) is 5.44. The molecule has 0 spiro atoms. The Morgan fingerprint density at radius 3 is 2.67 bits per heavy atom. The summed E-state index contributed by atoms with van der Waals surface area (Å²) in [5.41, 5.74) is 0. The summed E-state index contributed by atoms with van der Waals surface area (Å²) >= 11 is 0. The Morgan fingerprint density at radius 1 is 1.27 bits per heavy atom. The number of rotatable bonds is 6. The van der Waals surface area contributed by atoms with Gasteiger partial charge in [-0.2, -0.15) is 0 Å². The summed E-state index contributed by atoms with van der Waals surface area (Å²) < 4.78 is 10.9. The van der Waals surface area contributed by atoms with E-state index in [1.807, 2.05) is 7.05 Å². The first-order chi connectivity index (χ1) is 7.31. The van der Waals surface area contributed by atoms with Crippen LogP contribution in [-0.2, 0) is 9.47 Å². The van der Waals surface area contributed by atoms with Crippen molar-refractivity contribution in [3.05, 3.63) is 0 Å².